The van der Waals surface area contributed by atoms with Crippen molar-refractivity contribution in [3.05, 3.63) is 12.2 Å². The van der Waals surface area contributed by atoms with Gasteiger partial charge in [-0.25, -0.2) is 0 Å². The molecule has 0 aromatic rings. The fraction of sp³-hybridized carbons (Fsp3) is 0.714. The maximum absolute atomic E-state index is 12.2. The quantitative estimate of drug-likeness (QED) is 0.553. The van der Waals surface area contributed by atoms with Gasteiger partial charge in [0, 0.05) is 7.11 Å². The first-order valence-corrected chi connectivity index (χ1v) is 6.54. The molecule has 5 unspecified atom stereocenters. The van der Waals surface area contributed by atoms with Gasteiger partial charge in [-0.3, -0.25) is 9.59 Å². The van der Waals surface area contributed by atoms with Crippen molar-refractivity contribution >= 4 is 11.9 Å². The van der Waals surface area contributed by atoms with E-state index in [0.29, 0.717) is 6.61 Å². The van der Waals surface area contributed by atoms with Crippen molar-refractivity contribution < 1.29 is 23.8 Å². The number of esters is 2. The van der Waals surface area contributed by atoms with Crippen molar-refractivity contribution in [3.8, 4) is 0 Å². The Kier molecular flexibility index (Phi) is 4.24. The topological polar surface area (TPSA) is 61.8 Å². The summed E-state index contributed by atoms with van der Waals surface area (Å²) in [6.07, 6.45) is 4.54. The molecule has 1 fully saturated rings. The third-order valence-electron chi connectivity index (χ3n) is 3.92. The predicted octanol–water partition coefficient (Wildman–Crippen LogP) is 1.18. The molecule has 2 aliphatic carbocycles. The Labute approximate surface area is 112 Å². The Morgan fingerprint density at radius 3 is 2.26 bits per heavy atom. The average Bonchev–Trinajstić information content (AvgIpc) is 2.97. The summed E-state index contributed by atoms with van der Waals surface area (Å²) in [5.41, 5.74) is 0. The Hall–Kier alpha value is -1.36. The second-order valence-corrected chi connectivity index (χ2v) is 5.23. The van der Waals surface area contributed by atoms with E-state index in [2.05, 4.69) is 0 Å². The van der Waals surface area contributed by atoms with E-state index in [1.165, 1.54) is 7.11 Å². The first-order chi connectivity index (χ1) is 9.08. The van der Waals surface area contributed by atoms with Crippen LogP contribution in [0.3, 0.4) is 0 Å². The molecule has 0 aromatic carbocycles. The molecule has 106 valence electrons. The van der Waals surface area contributed by atoms with Crippen LogP contribution in [-0.4, -0.2) is 38.9 Å². The molecule has 0 aliphatic heterocycles. The highest BCUT2D eigenvalue weighted by Gasteiger charge is 2.53. The zero-order valence-corrected chi connectivity index (χ0v) is 11.5. The Morgan fingerprint density at radius 2 is 1.74 bits per heavy atom. The summed E-state index contributed by atoms with van der Waals surface area (Å²) in [6.45, 7) is 2.13. The van der Waals surface area contributed by atoms with E-state index in [4.69, 9.17) is 14.2 Å². The lowest BCUT2D eigenvalue weighted by Crippen LogP contribution is -2.36. The van der Waals surface area contributed by atoms with Crippen molar-refractivity contribution in [1.29, 1.82) is 0 Å². The van der Waals surface area contributed by atoms with E-state index in [1.807, 2.05) is 12.2 Å². The molecule has 5 nitrogen and oxygen atoms in total. The van der Waals surface area contributed by atoms with Gasteiger partial charge in [0.25, 0.3) is 0 Å². The second-order valence-electron chi connectivity index (χ2n) is 5.23. The normalized spacial score (nSPS) is 33.2. The van der Waals surface area contributed by atoms with Crippen LogP contribution in [0.1, 0.15) is 13.3 Å². The summed E-state index contributed by atoms with van der Waals surface area (Å²) in [5.74, 6) is -1.26. The molecule has 0 N–H and O–H groups in total. The van der Waals surface area contributed by atoms with Gasteiger partial charge in [0.1, 0.15) is 6.10 Å². The lowest BCUT2D eigenvalue weighted by molar-refractivity contribution is -0.164. The Balaban J connectivity index is 2.07. The van der Waals surface area contributed by atoms with Crippen molar-refractivity contribution in [1.82, 2.24) is 0 Å². The standard InChI is InChI=1S/C14H20O5/c1-8(7-17-2)19-14(16)12-10-5-4-9(6-10)11(12)13(15)18-3/h4-5,8-12H,6-7H2,1-3H3. The van der Waals surface area contributed by atoms with Crippen LogP contribution in [0, 0.1) is 23.7 Å². The number of methoxy groups -OCH3 is 2. The maximum Gasteiger partial charge on any atom is 0.310 e. The number of hydrogen-bond acceptors (Lipinski definition) is 5. The SMILES string of the molecule is COCC(C)OC(=O)C1C2C=CC(C2)C1C(=O)OC. The van der Waals surface area contributed by atoms with Crippen molar-refractivity contribution in [2.24, 2.45) is 23.7 Å². The van der Waals surface area contributed by atoms with E-state index < -0.39 is 11.8 Å². The number of carbonyl (C=O) groups is 2. The molecule has 0 radical (unpaired) electrons. The minimum absolute atomic E-state index is 0.0938. The maximum atomic E-state index is 12.2. The Bertz CT molecular complexity index is 389. The number of fused-ring (bicyclic) bond motifs is 2. The monoisotopic (exact) mass is 268 g/mol. The number of carbonyl (C=O) groups excluding carboxylic acids is 2. The number of ether oxygens (including phenoxy) is 3. The lowest BCUT2D eigenvalue weighted by Gasteiger charge is -2.25. The molecule has 2 aliphatic rings. The summed E-state index contributed by atoms with van der Waals surface area (Å²) in [4.78, 5) is 24.1. The second kappa shape index (κ2) is 5.74. The van der Waals surface area contributed by atoms with Gasteiger partial charge >= 0.3 is 11.9 Å². The third kappa shape index (κ3) is 2.66. The van der Waals surface area contributed by atoms with Gasteiger partial charge in [-0.1, -0.05) is 12.2 Å². The largest absolute Gasteiger partial charge is 0.469 e. The molecule has 0 amide bonds. The van der Waals surface area contributed by atoms with Crippen LogP contribution in [-0.2, 0) is 23.8 Å². The number of allylic oxidation sites excluding steroid dienone is 2. The van der Waals surface area contributed by atoms with Crippen LogP contribution in [0.2, 0.25) is 0 Å². The molecule has 0 spiro atoms. The summed E-state index contributed by atoms with van der Waals surface area (Å²) < 4.78 is 15.1. The van der Waals surface area contributed by atoms with Crippen LogP contribution in [0.5, 0.6) is 0 Å². The molecule has 19 heavy (non-hydrogen) atoms. The molecule has 5 heteroatoms. The molecule has 0 saturated heterocycles. The molecule has 5 atom stereocenters. The molecule has 1 saturated carbocycles. The van der Waals surface area contributed by atoms with E-state index in [9.17, 15) is 9.59 Å². The molecular formula is C14H20O5. The van der Waals surface area contributed by atoms with Crippen molar-refractivity contribution in [2.75, 3.05) is 20.8 Å². The van der Waals surface area contributed by atoms with Gasteiger partial charge in [0.15, 0.2) is 0 Å². The summed E-state index contributed by atoms with van der Waals surface area (Å²) in [5, 5.41) is 0. The van der Waals surface area contributed by atoms with Crippen LogP contribution in [0.15, 0.2) is 12.2 Å². The van der Waals surface area contributed by atoms with Gasteiger partial charge in [-0.15, -0.1) is 0 Å². The van der Waals surface area contributed by atoms with Crippen molar-refractivity contribution in [3.63, 3.8) is 0 Å². The molecule has 2 bridgehead atoms. The van der Waals surface area contributed by atoms with Gasteiger partial charge in [0.2, 0.25) is 0 Å². The van der Waals surface area contributed by atoms with E-state index in [1.54, 1.807) is 14.0 Å². The molecule has 2 rings (SSSR count). The minimum atomic E-state index is -0.415. The summed E-state index contributed by atoms with van der Waals surface area (Å²) >= 11 is 0. The highest BCUT2D eigenvalue weighted by atomic mass is 16.6. The molecular weight excluding hydrogens is 248 g/mol. The molecule has 0 aromatic heterocycles. The first kappa shape index (κ1) is 14.1. The zero-order valence-electron chi connectivity index (χ0n) is 11.5. The van der Waals surface area contributed by atoms with Crippen molar-refractivity contribution in [2.45, 2.75) is 19.4 Å². The number of hydrogen-bond donors (Lipinski definition) is 0. The highest BCUT2D eigenvalue weighted by Crippen LogP contribution is 2.49. The minimum Gasteiger partial charge on any atom is -0.469 e. The van der Waals surface area contributed by atoms with Gasteiger partial charge in [0.05, 0.1) is 25.6 Å². The van der Waals surface area contributed by atoms with Gasteiger partial charge in [-0.05, 0) is 25.2 Å². The van der Waals surface area contributed by atoms with Crippen LogP contribution >= 0.6 is 0 Å². The van der Waals surface area contributed by atoms with Crippen LogP contribution in [0.4, 0.5) is 0 Å². The first-order valence-electron chi connectivity index (χ1n) is 6.54. The average molecular weight is 268 g/mol. The predicted molar refractivity (Wildman–Crippen MR) is 67.2 cm³/mol. The highest BCUT2D eigenvalue weighted by molar-refractivity contribution is 5.84. The summed E-state index contributed by atoms with van der Waals surface area (Å²) in [7, 11) is 2.91. The summed E-state index contributed by atoms with van der Waals surface area (Å²) in [6, 6.07) is 0. The van der Waals surface area contributed by atoms with E-state index >= 15 is 0 Å². The zero-order chi connectivity index (χ0) is 14.0. The molecule has 0 heterocycles. The Morgan fingerprint density at radius 1 is 1.16 bits per heavy atom. The fourth-order valence-electron chi connectivity index (χ4n) is 3.15. The van der Waals surface area contributed by atoms with Gasteiger partial charge < -0.3 is 14.2 Å². The van der Waals surface area contributed by atoms with E-state index in [0.717, 1.165) is 6.42 Å². The smallest absolute Gasteiger partial charge is 0.310 e. The van der Waals surface area contributed by atoms with Crippen LogP contribution < -0.4 is 0 Å². The lowest BCUT2D eigenvalue weighted by atomic mass is 9.83. The fourth-order valence-corrected chi connectivity index (χ4v) is 3.15. The van der Waals surface area contributed by atoms with E-state index in [-0.39, 0.29) is 29.9 Å². The van der Waals surface area contributed by atoms with Gasteiger partial charge in [-0.2, -0.15) is 0 Å². The van der Waals surface area contributed by atoms with Crippen LogP contribution in [0.25, 0.3) is 0 Å². The number of rotatable bonds is 5. The third-order valence-corrected chi connectivity index (χ3v) is 3.92.